The van der Waals surface area contributed by atoms with Gasteiger partial charge in [0.1, 0.15) is 55.4 Å². The Morgan fingerprint density at radius 2 is 1.32 bits per heavy atom. The first kappa shape index (κ1) is 63.9. The molecule has 7 N–H and O–H groups in total. The van der Waals surface area contributed by atoms with Gasteiger partial charge in [-0.1, -0.05) is 84.6 Å². The number of hydrogen-bond acceptors (Lipinski definition) is 22. The van der Waals surface area contributed by atoms with Crippen LogP contribution < -0.4 is 0 Å². The van der Waals surface area contributed by atoms with Gasteiger partial charge in [0.2, 0.25) is 0 Å². The number of esters is 4. The molecule has 5 heterocycles. The van der Waals surface area contributed by atoms with Gasteiger partial charge in [-0.15, -0.1) is 0 Å². The normalized spacial score (nSPS) is 40.7. The van der Waals surface area contributed by atoms with Crippen LogP contribution in [0.1, 0.15) is 152 Å². The highest BCUT2D eigenvalue weighted by atomic mass is 16.8. The maximum Gasteiger partial charge on any atom is 0.330 e. The number of rotatable bonds is 15. The van der Waals surface area contributed by atoms with Crippen LogP contribution in [0.15, 0.2) is 12.2 Å². The highest BCUT2D eigenvalue weighted by Gasteiger charge is 2.60. The van der Waals surface area contributed by atoms with Crippen molar-refractivity contribution in [3.63, 3.8) is 0 Å². The van der Waals surface area contributed by atoms with E-state index in [-0.39, 0.29) is 12.5 Å². The Morgan fingerprint density at radius 1 is 0.658 bits per heavy atom. The number of carbonyl (C=O) groups excluding carboxylic acids is 4. The Hall–Kier alpha value is -2.94. The summed E-state index contributed by atoms with van der Waals surface area (Å²) in [6, 6.07) is 0. The largest absolute Gasteiger partial charge is 0.463 e. The van der Waals surface area contributed by atoms with Crippen LogP contribution in [0.25, 0.3) is 0 Å². The molecule has 0 spiro atoms. The van der Waals surface area contributed by atoms with Crippen LogP contribution in [-0.4, -0.2) is 195 Å². The first-order valence-corrected chi connectivity index (χ1v) is 27.9. The van der Waals surface area contributed by atoms with Crippen LogP contribution in [0.5, 0.6) is 0 Å². The Kier molecular flexibility index (Phi) is 25.7. The zero-order valence-corrected chi connectivity index (χ0v) is 45.9. The average molecular weight is 1090 g/mol. The fraction of sp³-hybridized carbons (Fsp3) is 0.889. The van der Waals surface area contributed by atoms with Gasteiger partial charge in [0.25, 0.3) is 0 Å². The highest BCUT2D eigenvalue weighted by molar-refractivity contribution is 5.82. The van der Waals surface area contributed by atoms with E-state index < -0.39 is 171 Å². The first-order valence-electron chi connectivity index (χ1n) is 27.9. The van der Waals surface area contributed by atoms with E-state index in [1.54, 1.807) is 27.7 Å². The van der Waals surface area contributed by atoms with Gasteiger partial charge >= 0.3 is 23.9 Å². The molecule has 5 fully saturated rings. The smallest absolute Gasteiger partial charge is 0.330 e. The second kappa shape index (κ2) is 30.6. The highest BCUT2D eigenvalue weighted by Crippen LogP contribution is 2.41. The summed E-state index contributed by atoms with van der Waals surface area (Å²) in [6.45, 7) is 13.8. The molecule has 438 valence electrons. The maximum absolute atomic E-state index is 14.1. The van der Waals surface area contributed by atoms with Crippen molar-refractivity contribution in [3.8, 4) is 0 Å². The molecule has 76 heavy (non-hydrogen) atoms. The molecule has 0 saturated carbocycles. The van der Waals surface area contributed by atoms with Crippen molar-refractivity contribution in [2.75, 3.05) is 6.61 Å². The van der Waals surface area contributed by atoms with Gasteiger partial charge in [-0.25, -0.2) is 4.79 Å². The Morgan fingerprint density at radius 3 is 1.97 bits per heavy atom. The minimum absolute atomic E-state index is 0.0581. The van der Waals surface area contributed by atoms with E-state index >= 15 is 0 Å². The van der Waals surface area contributed by atoms with E-state index in [4.69, 9.17) is 52.1 Å². The number of aliphatic hydroxyl groups excluding tert-OH is 7. The summed E-state index contributed by atoms with van der Waals surface area (Å²) >= 11 is 0. The molecule has 22 nitrogen and oxygen atoms in total. The monoisotopic (exact) mass is 1090 g/mol. The third-order valence-electron chi connectivity index (χ3n) is 15.5. The minimum Gasteiger partial charge on any atom is -0.463 e. The third kappa shape index (κ3) is 16.8. The van der Waals surface area contributed by atoms with Gasteiger partial charge in [-0.2, -0.15) is 0 Å². The molecule has 0 aromatic rings. The van der Waals surface area contributed by atoms with E-state index in [0.29, 0.717) is 32.1 Å². The molecule has 24 atom stereocenters. The van der Waals surface area contributed by atoms with E-state index in [1.807, 2.05) is 0 Å². The lowest BCUT2D eigenvalue weighted by molar-refractivity contribution is -0.378. The molecule has 2 unspecified atom stereocenters. The van der Waals surface area contributed by atoms with E-state index in [0.717, 1.165) is 57.4 Å². The van der Waals surface area contributed by atoms with Gasteiger partial charge in [-0.05, 0) is 67.2 Å². The number of carbonyl (C=O) groups is 4. The summed E-state index contributed by atoms with van der Waals surface area (Å²) in [5, 5.41) is 80.8. The van der Waals surface area contributed by atoms with Gasteiger partial charge < -0.3 is 87.9 Å². The summed E-state index contributed by atoms with van der Waals surface area (Å²) in [7, 11) is 0. The Labute approximate surface area is 447 Å². The lowest BCUT2D eigenvalue weighted by atomic mass is 9.80. The molecule has 5 aliphatic heterocycles. The van der Waals surface area contributed by atoms with Crippen molar-refractivity contribution in [1.82, 2.24) is 0 Å². The molecule has 22 heteroatoms. The van der Waals surface area contributed by atoms with Crippen LogP contribution in [0.3, 0.4) is 0 Å². The molecule has 5 aliphatic rings. The summed E-state index contributed by atoms with van der Waals surface area (Å²) < 4.78 is 68.7. The van der Waals surface area contributed by atoms with E-state index in [1.165, 1.54) is 33.8 Å². The van der Waals surface area contributed by atoms with Crippen LogP contribution >= 0.6 is 0 Å². The summed E-state index contributed by atoms with van der Waals surface area (Å²) in [5.41, 5.74) is 0. The Balaban J connectivity index is 1.62. The molecule has 0 radical (unpaired) electrons. The van der Waals surface area contributed by atoms with Crippen molar-refractivity contribution >= 4 is 23.9 Å². The predicted molar refractivity (Wildman–Crippen MR) is 267 cm³/mol. The minimum atomic E-state index is -1.98. The standard InChI is InChI=1S/C54H90O22/c1-10-13-19-23-33-24-20-17-15-14-16-18-21-25-36(57)73-48-45(75-53-43(63)42(62)44(31(8)68-53)72-35(56)22-11-2)32(9)69-54(49(48)74-50(64)27(4)12-3)76-47-41(61)39(59)34(26-66-51(65)28(5)29(6)55)71-46(47)37-40(60)38(58)30(7)67-52(37)70-33/h11,22,27-34,37-49,52-55,58-63H,10,12-21,23-26H2,1-9H3/b22-11+/t27?,28-,29-,30-,31-,32+,33?,34-,37+,38-,39-,40-,41+,42-,43-,44-,45+,46+,47-,48-,49-,52+,53+,54+/m1/s1. The van der Waals surface area contributed by atoms with E-state index in [9.17, 15) is 54.9 Å². The molecular weight excluding hydrogens is 1000 g/mol. The van der Waals surface area contributed by atoms with Crippen LogP contribution in [0.2, 0.25) is 0 Å². The molecule has 0 aromatic heterocycles. The zero-order valence-electron chi connectivity index (χ0n) is 45.9. The number of aliphatic hydroxyl groups is 7. The summed E-state index contributed by atoms with van der Waals surface area (Å²) in [4.78, 5) is 53.5. The molecule has 5 rings (SSSR count). The second-order valence-electron chi connectivity index (χ2n) is 21.5. The van der Waals surface area contributed by atoms with Crippen molar-refractivity contribution in [3.05, 3.63) is 12.2 Å². The first-order chi connectivity index (χ1) is 36.1. The van der Waals surface area contributed by atoms with Gasteiger partial charge in [0, 0.05) is 12.5 Å². The maximum atomic E-state index is 14.1. The molecular formula is C54H90O22. The quantitative estimate of drug-likeness (QED) is 0.0537. The lowest BCUT2D eigenvalue weighted by Gasteiger charge is -2.52. The SMILES string of the molecule is C/C=C/C(=O)O[C@H]1[C@H](O)[C@@H](O)[C@H](O[C@@H]2[C@H]3OC(=O)CCCCCCCCCC(CCCCC)O[C@@H]4O[C@H](C)[C@@H](O)[C@H](O)[C@H]4[C@@H]4O[C@H](COC(=O)[C@H](C)[C@@H](C)O)[C@@H](O)[C@H](O)[C@H]4O[C@H](O[C@H]2C)[C@@H]3OC(=O)C(C)CC)O[C@@H]1C. The van der Waals surface area contributed by atoms with Crippen LogP contribution in [-0.2, 0) is 71.3 Å². The number of ether oxygens (including phenoxy) is 11. The number of hydrogen-bond donors (Lipinski definition) is 7. The predicted octanol–water partition coefficient (Wildman–Crippen LogP) is 2.95. The van der Waals surface area contributed by atoms with E-state index in [2.05, 4.69) is 6.92 Å². The molecule has 2 bridgehead atoms. The lowest BCUT2D eigenvalue weighted by Crippen LogP contribution is -2.70. The van der Waals surface area contributed by atoms with Crippen LogP contribution in [0.4, 0.5) is 0 Å². The number of allylic oxidation sites excluding steroid dienone is 1. The fourth-order valence-electron chi connectivity index (χ4n) is 10.3. The molecule has 0 amide bonds. The molecule has 5 saturated heterocycles. The van der Waals surface area contributed by atoms with Gasteiger partial charge in [0.05, 0.1) is 60.5 Å². The fourth-order valence-corrected chi connectivity index (χ4v) is 10.3. The number of fused-ring (bicyclic) bond motifs is 5. The Bertz CT molecular complexity index is 1820. The topological polar surface area (TPSA) is 311 Å². The summed E-state index contributed by atoms with van der Waals surface area (Å²) in [5.74, 6) is -6.24. The van der Waals surface area contributed by atoms with Crippen molar-refractivity contribution in [2.24, 2.45) is 17.8 Å². The van der Waals surface area contributed by atoms with Crippen LogP contribution in [0, 0.1) is 17.8 Å². The average Bonchev–Trinajstić information content (AvgIpc) is 3.38. The molecule has 0 aromatic carbocycles. The van der Waals surface area contributed by atoms with Gasteiger partial charge in [0.15, 0.2) is 37.2 Å². The van der Waals surface area contributed by atoms with Gasteiger partial charge in [-0.3, -0.25) is 14.4 Å². The van der Waals surface area contributed by atoms with Crippen molar-refractivity contribution in [1.29, 1.82) is 0 Å². The third-order valence-corrected chi connectivity index (χ3v) is 15.5. The molecule has 0 aliphatic carbocycles. The van der Waals surface area contributed by atoms with Crippen molar-refractivity contribution < 1.29 is 107 Å². The van der Waals surface area contributed by atoms with Crippen molar-refractivity contribution in [2.45, 2.75) is 281 Å². The number of unbranched alkanes of at least 4 members (excludes halogenated alkanes) is 2. The zero-order chi connectivity index (χ0) is 56.0. The second-order valence-corrected chi connectivity index (χ2v) is 21.5. The summed E-state index contributed by atoms with van der Waals surface area (Å²) in [6.07, 6.45) is -18.9.